The van der Waals surface area contributed by atoms with Crippen molar-refractivity contribution >= 4 is 21.9 Å². The number of amides is 1. The maximum atomic E-state index is 12.5. The highest BCUT2D eigenvalue weighted by Crippen LogP contribution is 2.21. The van der Waals surface area contributed by atoms with Crippen LogP contribution in [0.15, 0.2) is 23.1 Å². The maximum absolute atomic E-state index is 12.5. The molecule has 1 aromatic carbocycles. The number of sulfonamides is 1. The summed E-state index contributed by atoms with van der Waals surface area (Å²) in [6, 6.07) is 4.51. The number of rotatable bonds is 6. The number of esters is 1. The largest absolute Gasteiger partial charge is 0.452 e. The molecule has 0 unspecified atom stereocenters. The molecule has 150 valence electrons. The van der Waals surface area contributed by atoms with Crippen LogP contribution in [-0.4, -0.2) is 62.8 Å². The zero-order chi connectivity index (χ0) is 20.2. The standard InChI is InChI=1S/C19H28N2O5S/c1-5-15-8-6-7-11-21(15)18(22)13-26-19(23)17-12-16(10-9-14(17)2)27(24,25)20(3)4/h9-10,12,15H,5-8,11,13H2,1-4H3/t15-/m1/s1. The SMILES string of the molecule is CC[C@@H]1CCCCN1C(=O)COC(=O)c1cc(S(=O)(=O)N(C)C)ccc1C. The molecule has 1 atom stereocenters. The van der Waals surface area contributed by atoms with E-state index in [0.717, 1.165) is 30.0 Å². The highest BCUT2D eigenvalue weighted by atomic mass is 32.2. The zero-order valence-electron chi connectivity index (χ0n) is 16.4. The number of hydrogen-bond donors (Lipinski definition) is 0. The zero-order valence-corrected chi connectivity index (χ0v) is 17.2. The lowest BCUT2D eigenvalue weighted by molar-refractivity contribution is -0.138. The highest BCUT2D eigenvalue weighted by Gasteiger charge is 2.26. The first-order valence-corrected chi connectivity index (χ1v) is 10.6. The van der Waals surface area contributed by atoms with Gasteiger partial charge in [0.2, 0.25) is 10.0 Å². The molecule has 0 aromatic heterocycles. The molecule has 1 heterocycles. The molecule has 0 spiro atoms. The van der Waals surface area contributed by atoms with Crippen molar-refractivity contribution in [3.8, 4) is 0 Å². The third-order valence-corrected chi connectivity index (χ3v) is 6.76. The first kappa shape index (κ1) is 21.4. The molecule has 1 aliphatic rings. The van der Waals surface area contributed by atoms with Crippen LogP contribution in [0, 0.1) is 6.92 Å². The van der Waals surface area contributed by atoms with Crippen LogP contribution in [0.25, 0.3) is 0 Å². The van der Waals surface area contributed by atoms with E-state index >= 15 is 0 Å². The summed E-state index contributed by atoms with van der Waals surface area (Å²) in [4.78, 5) is 26.7. The molecule has 1 fully saturated rings. The van der Waals surface area contributed by atoms with Crippen molar-refractivity contribution in [3.63, 3.8) is 0 Å². The molecule has 0 N–H and O–H groups in total. The topological polar surface area (TPSA) is 84.0 Å². The number of hydrogen-bond acceptors (Lipinski definition) is 5. The number of aryl methyl sites for hydroxylation is 1. The molecule has 1 aromatic rings. The first-order chi connectivity index (χ1) is 12.7. The lowest BCUT2D eigenvalue weighted by Gasteiger charge is -2.35. The second-order valence-corrected chi connectivity index (χ2v) is 9.14. The van der Waals surface area contributed by atoms with Crippen LogP contribution in [0.1, 0.15) is 48.5 Å². The minimum atomic E-state index is -3.66. The number of carbonyl (C=O) groups excluding carboxylic acids is 2. The summed E-state index contributed by atoms with van der Waals surface area (Å²) < 4.78 is 30.8. The lowest BCUT2D eigenvalue weighted by atomic mass is 10.00. The number of ether oxygens (including phenoxy) is 1. The van der Waals surface area contributed by atoms with Gasteiger partial charge in [-0.25, -0.2) is 17.5 Å². The molecular formula is C19H28N2O5S. The molecule has 0 saturated carbocycles. The van der Waals surface area contributed by atoms with Crippen molar-refractivity contribution < 1.29 is 22.7 Å². The molecule has 1 amide bonds. The van der Waals surface area contributed by atoms with Crippen molar-refractivity contribution in [1.29, 1.82) is 0 Å². The first-order valence-electron chi connectivity index (χ1n) is 9.18. The molecule has 0 radical (unpaired) electrons. The Labute approximate surface area is 161 Å². The van der Waals surface area contributed by atoms with E-state index in [2.05, 4.69) is 0 Å². The average Bonchev–Trinajstić information content (AvgIpc) is 2.65. The lowest BCUT2D eigenvalue weighted by Crippen LogP contribution is -2.45. The van der Waals surface area contributed by atoms with Crippen LogP contribution in [0.5, 0.6) is 0 Å². The van der Waals surface area contributed by atoms with Crippen molar-refractivity contribution in [3.05, 3.63) is 29.3 Å². The fourth-order valence-electron chi connectivity index (χ4n) is 3.23. The summed E-state index contributed by atoms with van der Waals surface area (Å²) in [6.45, 7) is 4.09. The monoisotopic (exact) mass is 396 g/mol. The van der Waals surface area contributed by atoms with E-state index in [1.165, 1.54) is 26.2 Å². The van der Waals surface area contributed by atoms with Gasteiger partial charge in [-0.15, -0.1) is 0 Å². The van der Waals surface area contributed by atoms with Crippen LogP contribution >= 0.6 is 0 Å². The van der Waals surface area contributed by atoms with E-state index < -0.39 is 16.0 Å². The van der Waals surface area contributed by atoms with Gasteiger partial charge in [-0.3, -0.25) is 4.79 Å². The molecule has 27 heavy (non-hydrogen) atoms. The normalized spacial score (nSPS) is 17.8. The van der Waals surface area contributed by atoms with Gasteiger partial charge in [0.1, 0.15) is 0 Å². The van der Waals surface area contributed by atoms with Gasteiger partial charge >= 0.3 is 5.97 Å². The number of benzene rings is 1. The minimum Gasteiger partial charge on any atom is -0.452 e. The van der Waals surface area contributed by atoms with Gasteiger partial charge in [0.05, 0.1) is 10.5 Å². The van der Waals surface area contributed by atoms with Gasteiger partial charge in [0.15, 0.2) is 6.61 Å². The van der Waals surface area contributed by atoms with E-state index in [9.17, 15) is 18.0 Å². The van der Waals surface area contributed by atoms with Crippen LogP contribution in [0.4, 0.5) is 0 Å². The molecule has 0 aliphatic carbocycles. The van der Waals surface area contributed by atoms with Crippen LogP contribution in [-0.2, 0) is 19.6 Å². The Balaban J connectivity index is 2.11. The fourth-order valence-corrected chi connectivity index (χ4v) is 4.16. The van der Waals surface area contributed by atoms with E-state index in [1.807, 2.05) is 6.92 Å². The second kappa shape index (κ2) is 8.84. The molecule has 1 saturated heterocycles. The third kappa shape index (κ3) is 4.87. The Bertz CT molecular complexity index is 804. The van der Waals surface area contributed by atoms with Crippen molar-refractivity contribution in [2.24, 2.45) is 0 Å². The summed E-state index contributed by atoms with van der Waals surface area (Å²) in [6.07, 6.45) is 3.91. The number of piperidine rings is 1. The van der Waals surface area contributed by atoms with E-state index in [0.29, 0.717) is 12.1 Å². The van der Waals surface area contributed by atoms with Crippen molar-refractivity contribution in [2.75, 3.05) is 27.2 Å². The minimum absolute atomic E-state index is 0.0125. The Kier molecular flexibility index (Phi) is 7.00. The van der Waals surface area contributed by atoms with Gasteiger partial charge in [-0.05, 0) is 50.3 Å². The predicted octanol–water partition coefficient (Wildman–Crippen LogP) is 2.19. The second-order valence-electron chi connectivity index (χ2n) is 6.99. The smallest absolute Gasteiger partial charge is 0.338 e. The van der Waals surface area contributed by atoms with E-state index in [4.69, 9.17) is 4.74 Å². The number of nitrogens with zero attached hydrogens (tertiary/aromatic N) is 2. The Morgan fingerprint density at radius 3 is 2.59 bits per heavy atom. The van der Waals surface area contributed by atoms with Gasteiger partial charge in [-0.1, -0.05) is 13.0 Å². The highest BCUT2D eigenvalue weighted by molar-refractivity contribution is 7.89. The number of carbonyl (C=O) groups is 2. The van der Waals surface area contributed by atoms with Crippen molar-refractivity contribution in [2.45, 2.75) is 50.5 Å². The summed E-state index contributed by atoms with van der Waals surface area (Å²) in [5.74, 6) is -0.897. The van der Waals surface area contributed by atoms with E-state index in [1.54, 1.807) is 17.9 Å². The van der Waals surface area contributed by atoms with Crippen molar-refractivity contribution in [1.82, 2.24) is 9.21 Å². The maximum Gasteiger partial charge on any atom is 0.338 e. The third-order valence-electron chi connectivity index (χ3n) is 4.95. The fraction of sp³-hybridized carbons (Fsp3) is 0.579. The Hall–Kier alpha value is -1.93. The van der Waals surface area contributed by atoms with Crippen LogP contribution in [0.3, 0.4) is 0 Å². The molecular weight excluding hydrogens is 368 g/mol. The van der Waals surface area contributed by atoms with Gasteiger partial charge in [-0.2, -0.15) is 0 Å². The quantitative estimate of drug-likeness (QED) is 0.688. The Morgan fingerprint density at radius 2 is 1.96 bits per heavy atom. The summed E-state index contributed by atoms with van der Waals surface area (Å²) in [5.41, 5.74) is 0.742. The summed E-state index contributed by atoms with van der Waals surface area (Å²) >= 11 is 0. The predicted molar refractivity (Wildman–Crippen MR) is 102 cm³/mol. The van der Waals surface area contributed by atoms with Crippen LogP contribution in [0.2, 0.25) is 0 Å². The molecule has 2 rings (SSSR count). The van der Waals surface area contributed by atoms with Gasteiger partial charge in [0, 0.05) is 26.7 Å². The molecule has 1 aliphatic heterocycles. The molecule has 7 nitrogen and oxygen atoms in total. The van der Waals surface area contributed by atoms with Gasteiger partial charge in [0.25, 0.3) is 5.91 Å². The summed E-state index contributed by atoms with van der Waals surface area (Å²) in [5, 5.41) is 0. The van der Waals surface area contributed by atoms with Crippen LogP contribution < -0.4 is 0 Å². The molecule has 8 heteroatoms. The number of likely N-dealkylation sites (tertiary alicyclic amines) is 1. The van der Waals surface area contributed by atoms with Gasteiger partial charge < -0.3 is 9.64 Å². The molecule has 0 bridgehead atoms. The summed E-state index contributed by atoms with van der Waals surface area (Å²) in [7, 11) is -0.808. The van der Waals surface area contributed by atoms with E-state index in [-0.39, 0.29) is 29.0 Å². The average molecular weight is 397 g/mol. The Morgan fingerprint density at radius 1 is 1.26 bits per heavy atom.